The Morgan fingerprint density at radius 3 is 2.45 bits per heavy atom. The van der Waals surface area contributed by atoms with Crippen LogP contribution < -0.4 is 5.32 Å². The van der Waals surface area contributed by atoms with Gasteiger partial charge < -0.3 is 4.74 Å². The molecule has 0 bridgehead atoms. The molecule has 2 aromatic carbocycles. The van der Waals surface area contributed by atoms with Gasteiger partial charge in [-0.1, -0.05) is 35.9 Å². The molecule has 1 aliphatic heterocycles. The molecule has 0 unspecified atom stereocenters. The number of nitrogens with one attached hydrogen (secondary N) is 1. The van der Waals surface area contributed by atoms with Gasteiger partial charge in [0.2, 0.25) is 0 Å². The minimum atomic E-state index is -0.443. The number of aryl methyl sites for hydroxylation is 2. The van der Waals surface area contributed by atoms with E-state index in [1.165, 1.54) is 5.56 Å². The Kier molecular flexibility index (Phi) is 3.03. The average molecular weight is 265 g/mol. The van der Waals surface area contributed by atoms with Crippen LogP contribution in [-0.4, -0.2) is 6.09 Å². The highest BCUT2D eigenvalue weighted by atomic mass is 16.6. The van der Waals surface area contributed by atoms with E-state index in [1.807, 2.05) is 62.4 Å². The molecule has 0 atom stereocenters. The van der Waals surface area contributed by atoms with Crippen molar-refractivity contribution in [2.45, 2.75) is 13.8 Å². The van der Waals surface area contributed by atoms with Crippen LogP contribution in [-0.2, 0) is 4.74 Å². The Hall–Kier alpha value is -2.55. The van der Waals surface area contributed by atoms with Gasteiger partial charge >= 0.3 is 6.09 Å². The van der Waals surface area contributed by atoms with Crippen molar-refractivity contribution in [1.82, 2.24) is 0 Å². The number of carbonyl (C=O) groups excluding carboxylic acids is 1. The van der Waals surface area contributed by atoms with Gasteiger partial charge in [0.25, 0.3) is 0 Å². The Balaban J connectivity index is 2.06. The zero-order chi connectivity index (χ0) is 14.1. The van der Waals surface area contributed by atoms with E-state index < -0.39 is 6.09 Å². The average Bonchev–Trinajstić information content (AvgIpc) is 2.40. The summed E-state index contributed by atoms with van der Waals surface area (Å²) in [5.74, 6) is 0.576. The van der Waals surface area contributed by atoms with Gasteiger partial charge in [0.1, 0.15) is 5.76 Å². The van der Waals surface area contributed by atoms with Crippen molar-refractivity contribution in [2.75, 3.05) is 5.32 Å². The predicted octanol–water partition coefficient (Wildman–Crippen LogP) is 4.36. The van der Waals surface area contributed by atoms with E-state index in [0.717, 1.165) is 22.4 Å². The third-order valence-electron chi connectivity index (χ3n) is 3.26. The molecule has 0 aromatic heterocycles. The van der Waals surface area contributed by atoms with Crippen LogP contribution in [0.4, 0.5) is 10.5 Å². The zero-order valence-electron chi connectivity index (χ0n) is 11.4. The summed E-state index contributed by atoms with van der Waals surface area (Å²) in [6, 6.07) is 14.0. The summed E-state index contributed by atoms with van der Waals surface area (Å²) in [6.45, 7) is 4.03. The minimum absolute atomic E-state index is 0.443. The van der Waals surface area contributed by atoms with Gasteiger partial charge in [0, 0.05) is 5.56 Å². The molecular weight excluding hydrogens is 250 g/mol. The molecule has 1 amide bonds. The van der Waals surface area contributed by atoms with Gasteiger partial charge in [-0.3, -0.25) is 5.32 Å². The highest BCUT2D eigenvalue weighted by Crippen LogP contribution is 2.32. The molecule has 3 heteroatoms. The summed E-state index contributed by atoms with van der Waals surface area (Å²) in [5.41, 5.74) is 4.99. The number of hydrogen-bond acceptors (Lipinski definition) is 2. The number of carbonyl (C=O) groups is 1. The van der Waals surface area contributed by atoms with Gasteiger partial charge in [-0.15, -0.1) is 0 Å². The molecule has 0 saturated carbocycles. The van der Waals surface area contributed by atoms with Crippen molar-refractivity contribution >= 4 is 23.6 Å². The normalized spacial score (nSPS) is 15.5. The second-order valence-electron chi connectivity index (χ2n) is 4.98. The van der Waals surface area contributed by atoms with E-state index in [0.29, 0.717) is 5.76 Å². The van der Waals surface area contributed by atoms with E-state index in [1.54, 1.807) is 0 Å². The van der Waals surface area contributed by atoms with Gasteiger partial charge in [-0.25, -0.2) is 4.79 Å². The number of rotatable bonds is 1. The number of ether oxygens (including phenoxy) is 1. The molecule has 2 aromatic rings. The van der Waals surface area contributed by atoms with Gasteiger partial charge in [0.15, 0.2) is 0 Å². The quantitative estimate of drug-likeness (QED) is 0.831. The topological polar surface area (TPSA) is 38.3 Å². The summed E-state index contributed by atoms with van der Waals surface area (Å²) in [7, 11) is 0. The van der Waals surface area contributed by atoms with Crippen LogP contribution in [0, 0.1) is 13.8 Å². The van der Waals surface area contributed by atoms with Crippen LogP contribution in [0.3, 0.4) is 0 Å². The first kappa shape index (κ1) is 12.5. The first-order valence-corrected chi connectivity index (χ1v) is 6.50. The first-order chi connectivity index (χ1) is 9.61. The molecule has 0 fully saturated rings. The third kappa shape index (κ3) is 2.43. The second-order valence-corrected chi connectivity index (χ2v) is 4.98. The fourth-order valence-electron chi connectivity index (χ4n) is 2.19. The van der Waals surface area contributed by atoms with Crippen molar-refractivity contribution in [3.05, 3.63) is 64.7 Å². The van der Waals surface area contributed by atoms with E-state index in [-0.39, 0.29) is 0 Å². The van der Waals surface area contributed by atoms with Gasteiger partial charge in [-0.05, 0) is 43.2 Å². The monoisotopic (exact) mass is 265 g/mol. The lowest BCUT2D eigenvalue weighted by Crippen LogP contribution is -2.19. The van der Waals surface area contributed by atoms with E-state index in [4.69, 9.17) is 4.74 Å². The molecular formula is C17H15NO2. The zero-order valence-corrected chi connectivity index (χ0v) is 11.4. The maximum absolute atomic E-state index is 11.6. The van der Waals surface area contributed by atoms with Gasteiger partial charge in [0.05, 0.1) is 5.69 Å². The number of amides is 1. The van der Waals surface area contributed by atoms with Crippen LogP contribution in [0.15, 0.2) is 42.5 Å². The highest BCUT2D eigenvalue weighted by Gasteiger charge is 2.20. The van der Waals surface area contributed by atoms with Crippen LogP contribution in [0.2, 0.25) is 0 Å². The minimum Gasteiger partial charge on any atom is -0.409 e. The Morgan fingerprint density at radius 1 is 1.00 bits per heavy atom. The van der Waals surface area contributed by atoms with E-state index >= 15 is 0 Å². The Morgan fingerprint density at radius 2 is 1.70 bits per heavy atom. The summed E-state index contributed by atoms with van der Waals surface area (Å²) in [5, 5.41) is 2.72. The number of benzene rings is 2. The predicted molar refractivity (Wildman–Crippen MR) is 80.3 cm³/mol. The lowest BCUT2D eigenvalue weighted by atomic mass is 10.0. The molecule has 100 valence electrons. The Bertz CT molecular complexity index is 699. The molecule has 0 saturated heterocycles. The maximum atomic E-state index is 11.6. The molecule has 1 heterocycles. The Labute approximate surface area is 117 Å². The first-order valence-electron chi connectivity index (χ1n) is 6.50. The van der Waals surface area contributed by atoms with Crippen molar-refractivity contribution in [3.8, 4) is 0 Å². The molecule has 1 aliphatic rings. The fraction of sp³-hybridized carbons (Fsp3) is 0.118. The molecule has 0 radical (unpaired) electrons. The number of hydrogen-bond donors (Lipinski definition) is 1. The number of anilines is 1. The van der Waals surface area contributed by atoms with Crippen molar-refractivity contribution < 1.29 is 9.53 Å². The molecule has 3 nitrogen and oxygen atoms in total. The van der Waals surface area contributed by atoms with Crippen LogP contribution in [0.25, 0.3) is 11.8 Å². The molecule has 3 rings (SSSR count). The summed E-state index contributed by atoms with van der Waals surface area (Å²) < 4.78 is 5.30. The maximum Gasteiger partial charge on any atom is 0.417 e. The molecule has 0 aliphatic carbocycles. The summed E-state index contributed by atoms with van der Waals surface area (Å²) in [4.78, 5) is 11.6. The summed E-state index contributed by atoms with van der Waals surface area (Å²) in [6.07, 6.45) is 1.44. The molecule has 1 N–H and O–H groups in total. The van der Waals surface area contributed by atoms with Crippen molar-refractivity contribution in [3.63, 3.8) is 0 Å². The lowest BCUT2D eigenvalue weighted by Gasteiger charge is -2.20. The standard InChI is InChI=1S/C17H15NO2/c1-11-3-6-13(7-4-11)10-16-14-8-5-12(2)9-15(14)18-17(19)20-16/h3-10H,1-2H3,(H,18,19)/b16-10-. The number of cyclic esters (lactones) is 1. The largest absolute Gasteiger partial charge is 0.417 e. The molecule has 0 spiro atoms. The lowest BCUT2D eigenvalue weighted by molar-refractivity contribution is 0.206. The SMILES string of the molecule is Cc1ccc(/C=C2\OC(=O)Nc3cc(C)ccc32)cc1. The van der Waals surface area contributed by atoms with Crippen LogP contribution in [0.5, 0.6) is 0 Å². The van der Waals surface area contributed by atoms with Crippen molar-refractivity contribution in [1.29, 1.82) is 0 Å². The smallest absolute Gasteiger partial charge is 0.409 e. The third-order valence-corrected chi connectivity index (χ3v) is 3.26. The summed E-state index contributed by atoms with van der Waals surface area (Å²) >= 11 is 0. The van der Waals surface area contributed by atoms with Gasteiger partial charge in [-0.2, -0.15) is 0 Å². The second kappa shape index (κ2) is 4.85. The number of fused-ring (bicyclic) bond motifs is 1. The van der Waals surface area contributed by atoms with Crippen LogP contribution >= 0.6 is 0 Å². The highest BCUT2D eigenvalue weighted by molar-refractivity contribution is 6.00. The van der Waals surface area contributed by atoms with Crippen LogP contribution in [0.1, 0.15) is 22.3 Å². The van der Waals surface area contributed by atoms with E-state index in [9.17, 15) is 4.79 Å². The van der Waals surface area contributed by atoms with E-state index in [2.05, 4.69) is 5.32 Å². The molecule has 20 heavy (non-hydrogen) atoms. The fourth-order valence-corrected chi connectivity index (χ4v) is 2.19. The van der Waals surface area contributed by atoms with Crippen molar-refractivity contribution in [2.24, 2.45) is 0 Å².